The molecular weight excluding hydrogens is 449 g/mol. The number of aromatic nitrogens is 2. The van der Waals surface area contributed by atoms with Gasteiger partial charge >= 0.3 is 6.18 Å². The molecule has 0 fully saturated rings. The lowest BCUT2D eigenvalue weighted by molar-refractivity contribution is -0.147. The van der Waals surface area contributed by atoms with Crippen molar-refractivity contribution in [2.45, 2.75) is 12.7 Å². The Morgan fingerprint density at radius 2 is 1.53 bits per heavy atom. The van der Waals surface area contributed by atoms with E-state index < -0.39 is 24.5 Å². The molecule has 2 N–H and O–H groups in total. The zero-order chi connectivity index (χ0) is 24.3. The third-order valence-corrected chi connectivity index (χ3v) is 4.99. The molecule has 4 rings (SSSR count). The minimum absolute atomic E-state index is 0.148. The molecule has 0 aliphatic rings. The SMILES string of the molecule is COc1ccc(NC(=O)c2ccc(NC(=O)Cn3c(C(F)(F)F)nc4ccccc43)cc2)cc1. The number of hydrogen-bond acceptors (Lipinski definition) is 4. The molecule has 1 heterocycles. The Morgan fingerprint density at radius 3 is 2.18 bits per heavy atom. The van der Waals surface area contributed by atoms with Gasteiger partial charge in [0.05, 0.1) is 18.1 Å². The van der Waals surface area contributed by atoms with E-state index in [-0.39, 0.29) is 16.9 Å². The quantitative estimate of drug-likeness (QED) is 0.419. The molecule has 10 heteroatoms. The molecule has 0 aliphatic carbocycles. The molecule has 0 unspecified atom stereocenters. The molecular formula is C24H19F3N4O3. The molecule has 0 radical (unpaired) electrons. The highest BCUT2D eigenvalue weighted by atomic mass is 19.4. The van der Waals surface area contributed by atoms with E-state index in [9.17, 15) is 22.8 Å². The van der Waals surface area contributed by atoms with Gasteiger partial charge in [0, 0.05) is 16.9 Å². The number of benzene rings is 3. The minimum atomic E-state index is -4.71. The van der Waals surface area contributed by atoms with Gasteiger partial charge in [-0.05, 0) is 60.7 Å². The molecule has 3 aromatic carbocycles. The number of nitrogens with zero attached hydrogens (tertiary/aromatic N) is 2. The molecule has 0 saturated heterocycles. The van der Waals surface area contributed by atoms with Gasteiger partial charge in [-0.15, -0.1) is 0 Å². The van der Waals surface area contributed by atoms with Crippen LogP contribution >= 0.6 is 0 Å². The summed E-state index contributed by atoms with van der Waals surface area (Å²) in [5, 5.41) is 5.29. The number of alkyl halides is 3. The molecule has 0 saturated carbocycles. The number of imidazole rings is 1. The predicted octanol–water partition coefficient (Wildman–Crippen LogP) is 4.95. The van der Waals surface area contributed by atoms with Crippen LogP contribution in [0.1, 0.15) is 16.2 Å². The summed E-state index contributed by atoms with van der Waals surface area (Å²) in [5.41, 5.74) is 1.61. The van der Waals surface area contributed by atoms with Gasteiger partial charge in [-0.3, -0.25) is 9.59 Å². The van der Waals surface area contributed by atoms with Crippen LogP contribution in [-0.2, 0) is 17.5 Å². The molecule has 0 spiro atoms. The summed E-state index contributed by atoms with van der Waals surface area (Å²) in [4.78, 5) is 28.5. The topological polar surface area (TPSA) is 85.3 Å². The maximum absolute atomic E-state index is 13.4. The first kappa shape index (κ1) is 22.8. The molecule has 34 heavy (non-hydrogen) atoms. The Balaban J connectivity index is 1.44. The first-order chi connectivity index (χ1) is 16.2. The van der Waals surface area contributed by atoms with E-state index in [1.807, 2.05) is 0 Å². The second-order valence-electron chi connectivity index (χ2n) is 7.32. The van der Waals surface area contributed by atoms with Gasteiger partial charge in [0.1, 0.15) is 12.3 Å². The average molecular weight is 468 g/mol. The summed E-state index contributed by atoms with van der Waals surface area (Å²) in [6.07, 6.45) is -4.71. The lowest BCUT2D eigenvalue weighted by Crippen LogP contribution is -2.23. The van der Waals surface area contributed by atoms with Crippen LogP contribution in [0.25, 0.3) is 11.0 Å². The van der Waals surface area contributed by atoms with Crippen molar-refractivity contribution in [1.29, 1.82) is 0 Å². The van der Waals surface area contributed by atoms with Crippen LogP contribution in [0, 0.1) is 0 Å². The van der Waals surface area contributed by atoms with Crippen molar-refractivity contribution in [2.75, 3.05) is 17.7 Å². The van der Waals surface area contributed by atoms with Gasteiger partial charge in [-0.25, -0.2) is 4.98 Å². The number of anilines is 2. The Bertz CT molecular complexity index is 1330. The number of rotatable bonds is 6. The number of carbonyl (C=O) groups is 2. The summed E-state index contributed by atoms with van der Waals surface area (Å²) in [6.45, 7) is -0.574. The summed E-state index contributed by atoms with van der Waals surface area (Å²) in [7, 11) is 1.54. The first-order valence-corrected chi connectivity index (χ1v) is 10.1. The van der Waals surface area contributed by atoms with Crippen LogP contribution in [0.15, 0.2) is 72.8 Å². The molecule has 0 aliphatic heterocycles. The van der Waals surface area contributed by atoms with Crippen LogP contribution in [0.3, 0.4) is 0 Å². The number of nitrogens with one attached hydrogen (secondary N) is 2. The molecule has 1 aromatic heterocycles. The number of methoxy groups -OCH3 is 1. The Kier molecular flexibility index (Phi) is 6.22. The molecule has 0 bridgehead atoms. The van der Waals surface area contributed by atoms with E-state index in [2.05, 4.69) is 15.6 Å². The van der Waals surface area contributed by atoms with Crippen molar-refractivity contribution in [3.05, 3.63) is 84.2 Å². The summed E-state index contributed by atoms with van der Waals surface area (Å²) >= 11 is 0. The fourth-order valence-corrected chi connectivity index (χ4v) is 3.38. The van der Waals surface area contributed by atoms with E-state index in [0.29, 0.717) is 22.7 Å². The molecule has 2 amide bonds. The van der Waals surface area contributed by atoms with Crippen molar-refractivity contribution in [3.63, 3.8) is 0 Å². The Hall–Kier alpha value is -4.34. The van der Waals surface area contributed by atoms with Crippen molar-refractivity contribution < 1.29 is 27.5 Å². The number of amides is 2. The Morgan fingerprint density at radius 1 is 0.912 bits per heavy atom. The van der Waals surface area contributed by atoms with Gasteiger partial charge in [0.15, 0.2) is 0 Å². The fourth-order valence-electron chi connectivity index (χ4n) is 3.38. The predicted molar refractivity (Wildman–Crippen MR) is 121 cm³/mol. The lowest BCUT2D eigenvalue weighted by Gasteiger charge is -2.12. The third kappa shape index (κ3) is 5.01. The summed E-state index contributed by atoms with van der Waals surface area (Å²) < 4.78 is 46.2. The maximum atomic E-state index is 13.4. The van der Waals surface area contributed by atoms with Gasteiger partial charge in [0.2, 0.25) is 11.7 Å². The number of ether oxygens (including phenoxy) is 1. The highest BCUT2D eigenvalue weighted by Crippen LogP contribution is 2.31. The van der Waals surface area contributed by atoms with Crippen LogP contribution in [0.2, 0.25) is 0 Å². The second-order valence-corrected chi connectivity index (χ2v) is 7.32. The van der Waals surface area contributed by atoms with Crippen molar-refractivity contribution in [1.82, 2.24) is 9.55 Å². The van der Waals surface area contributed by atoms with Gasteiger partial charge < -0.3 is 19.9 Å². The number of carbonyl (C=O) groups excluding carboxylic acids is 2. The van der Waals surface area contributed by atoms with E-state index in [0.717, 1.165) is 4.57 Å². The van der Waals surface area contributed by atoms with Crippen LogP contribution in [-0.4, -0.2) is 28.5 Å². The van der Waals surface area contributed by atoms with Crippen LogP contribution < -0.4 is 15.4 Å². The van der Waals surface area contributed by atoms with E-state index in [1.165, 1.54) is 36.4 Å². The lowest BCUT2D eigenvalue weighted by atomic mass is 10.2. The van der Waals surface area contributed by atoms with Gasteiger partial charge in [0.25, 0.3) is 5.91 Å². The summed E-state index contributed by atoms with van der Waals surface area (Å²) in [6, 6.07) is 18.9. The zero-order valence-electron chi connectivity index (χ0n) is 17.9. The van der Waals surface area contributed by atoms with Gasteiger partial charge in [-0.1, -0.05) is 12.1 Å². The average Bonchev–Trinajstić information content (AvgIpc) is 3.19. The molecule has 0 atom stereocenters. The Labute approximate surface area is 192 Å². The van der Waals surface area contributed by atoms with E-state index in [4.69, 9.17) is 4.74 Å². The number of hydrogen-bond donors (Lipinski definition) is 2. The molecule has 7 nitrogen and oxygen atoms in total. The first-order valence-electron chi connectivity index (χ1n) is 10.1. The third-order valence-electron chi connectivity index (χ3n) is 4.99. The van der Waals surface area contributed by atoms with Crippen molar-refractivity contribution >= 4 is 34.2 Å². The van der Waals surface area contributed by atoms with Crippen molar-refractivity contribution in [3.8, 4) is 5.75 Å². The molecule has 4 aromatic rings. The standard InChI is InChI=1S/C24H19F3N4O3/c1-34-18-12-10-17(11-13-18)29-22(33)15-6-8-16(9-7-15)28-21(32)14-31-20-5-3-2-4-19(20)30-23(31)24(25,26)27/h2-13H,14H2,1H3,(H,28,32)(H,29,33). The second kappa shape index (κ2) is 9.26. The zero-order valence-corrected chi connectivity index (χ0v) is 17.9. The van der Waals surface area contributed by atoms with Crippen molar-refractivity contribution in [2.24, 2.45) is 0 Å². The monoisotopic (exact) mass is 468 g/mol. The summed E-state index contributed by atoms with van der Waals surface area (Å²) in [5.74, 6) is -1.51. The fraction of sp³-hybridized carbons (Fsp3) is 0.125. The number of para-hydroxylation sites is 2. The van der Waals surface area contributed by atoms with Crippen LogP contribution in [0.5, 0.6) is 5.75 Å². The maximum Gasteiger partial charge on any atom is 0.449 e. The highest BCUT2D eigenvalue weighted by molar-refractivity contribution is 6.04. The number of fused-ring (bicyclic) bond motifs is 1. The normalized spacial score (nSPS) is 11.3. The van der Waals surface area contributed by atoms with Gasteiger partial charge in [-0.2, -0.15) is 13.2 Å². The largest absolute Gasteiger partial charge is 0.497 e. The number of halogens is 3. The highest BCUT2D eigenvalue weighted by Gasteiger charge is 2.38. The smallest absolute Gasteiger partial charge is 0.449 e. The minimum Gasteiger partial charge on any atom is -0.497 e. The van der Waals surface area contributed by atoms with E-state index in [1.54, 1.807) is 43.5 Å². The molecule has 174 valence electrons. The van der Waals surface area contributed by atoms with E-state index >= 15 is 0 Å². The van der Waals surface area contributed by atoms with Crippen LogP contribution in [0.4, 0.5) is 24.5 Å².